The van der Waals surface area contributed by atoms with Crippen LogP contribution in [-0.4, -0.2) is 51.0 Å². The summed E-state index contributed by atoms with van der Waals surface area (Å²) in [6, 6.07) is 7.65. The van der Waals surface area contributed by atoms with Crippen molar-refractivity contribution in [1.82, 2.24) is 5.32 Å². The Hall–Kier alpha value is -3.18. The molecule has 0 spiro atoms. The maximum atomic E-state index is 12.6. The first-order chi connectivity index (χ1) is 14.0. The highest BCUT2D eigenvalue weighted by Gasteiger charge is 2.21. The molecule has 2 aromatic carbocycles. The van der Waals surface area contributed by atoms with Gasteiger partial charge in [-0.25, -0.2) is 8.42 Å². The van der Waals surface area contributed by atoms with Gasteiger partial charge in [0, 0.05) is 42.7 Å². The highest BCUT2D eigenvalue weighted by molar-refractivity contribution is 7.90. The topological polar surface area (TPSA) is 139 Å². The largest absolute Gasteiger partial charge is 0.359 e. The smallest absolute Gasteiger partial charge is 0.271 e. The second-order valence-electron chi connectivity index (χ2n) is 6.64. The summed E-state index contributed by atoms with van der Waals surface area (Å²) >= 11 is 6.30. The van der Waals surface area contributed by atoms with Crippen LogP contribution in [0.15, 0.2) is 41.3 Å². The summed E-state index contributed by atoms with van der Waals surface area (Å²) in [6.45, 7) is 1.23. The van der Waals surface area contributed by atoms with Crippen molar-refractivity contribution in [2.45, 2.75) is 4.90 Å². The number of hydrogen-bond donors (Lipinski definition) is 2. The minimum Gasteiger partial charge on any atom is -0.359 e. The van der Waals surface area contributed by atoms with Crippen LogP contribution in [0, 0.1) is 10.1 Å². The normalized spacial score (nSPS) is 14.2. The molecular weight excluding hydrogens is 436 g/mol. The van der Waals surface area contributed by atoms with Gasteiger partial charge in [0.15, 0.2) is 9.84 Å². The Morgan fingerprint density at radius 1 is 1.27 bits per heavy atom. The van der Waals surface area contributed by atoms with Crippen LogP contribution in [-0.2, 0) is 14.6 Å². The molecule has 0 atom stereocenters. The van der Waals surface area contributed by atoms with E-state index >= 15 is 0 Å². The molecular formula is C18H17ClN4O6S. The molecule has 0 aromatic heterocycles. The molecule has 1 saturated heterocycles. The number of non-ortho nitro benzene ring substituents is 1. The van der Waals surface area contributed by atoms with E-state index in [4.69, 9.17) is 11.6 Å². The van der Waals surface area contributed by atoms with Gasteiger partial charge in [-0.15, -0.1) is 0 Å². The summed E-state index contributed by atoms with van der Waals surface area (Å²) in [6.07, 6.45) is 0.896. The standard InChI is InChI=1S/C18H17ClN4O6S/c1-30(28,29)14-7-11(6-13(9-14)23(26)27)18(25)21-12-2-3-16(15(19)8-12)22-5-4-20-17(24)10-22/h2-3,6-9H,4-5,10H2,1H3,(H,20,24)(H,21,25). The van der Waals surface area contributed by atoms with E-state index < -0.39 is 26.4 Å². The predicted molar refractivity (Wildman–Crippen MR) is 111 cm³/mol. The first-order valence-corrected chi connectivity index (χ1v) is 10.9. The van der Waals surface area contributed by atoms with Crippen LogP contribution in [0.1, 0.15) is 10.4 Å². The minimum absolute atomic E-state index is 0.123. The molecule has 0 bridgehead atoms. The van der Waals surface area contributed by atoms with Crippen LogP contribution in [0.25, 0.3) is 0 Å². The van der Waals surface area contributed by atoms with Crippen molar-refractivity contribution >= 4 is 50.3 Å². The summed E-state index contributed by atoms with van der Waals surface area (Å²) in [4.78, 5) is 35.9. The van der Waals surface area contributed by atoms with Crippen LogP contribution in [0.3, 0.4) is 0 Å². The van der Waals surface area contributed by atoms with E-state index in [2.05, 4.69) is 10.6 Å². The molecule has 0 saturated carbocycles. The number of sulfone groups is 1. The molecule has 2 aromatic rings. The number of nitro benzene ring substituents is 1. The van der Waals surface area contributed by atoms with Crippen LogP contribution >= 0.6 is 11.6 Å². The fourth-order valence-corrected chi connectivity index (χ4v) is 3.90. The quantitative estimate of drug-likeness (QED) is 0.521. The third-order valence-electron chi connectivity index (χ3n) is 4.38. The van der Waals surface area contributed by atoms with Crippen molar-refractivity contribution in [3.63, 3.8) is 0 Å². The number of amides is 2. The number of rotatable bonds is 5. The summed E-state index contributed by atoms with van der Waals surface area (Å²) in [5.41, 5.74) is 0.235. The van der Waals surface area contributed by atoms with Gasteiger partial charge in [-0.1, -0.05) is 11.6 Å². The lowest BCUT2D eigenvalue weighted by atomic mass is 10.1. The zero-order chi connectivity index (χ0) is 22.1. The van der Waals surface area contributed by atoms with E-state index in [1.54, 1.807) is 17.0 Å². The second-order valence-corrected chi connectivity index (χ2v) is 9.06. The average molecular weight is 453 g/mol. The number of carbonyl (C=O) groups excluding carboxylic acids is 2. The summed E-state index contributed by atoms with van der Waals surface area (Å²) in [7, 11) is -3.76. The molecule has 1 aliphatic heterocycles. The zero-order valence-electron chi connectivity index (χ0n) is 15.7. The maximum Gasteiger partial charge on any atom is 0.271 e. The Morgan fingerprint density at radius 2 is 2.00 bits per heavy atom. The van der Waals surface area contributed by atoms with Crippen molar-refractivity contribution in [2.24, 2.45) is 0 Å². The summed E-state index contributed by atoms with van der Waals surface area (Å²) < 4.78 is 23.6. The molecule has 12 heteroatoms. The van der Waals surface area contributed by atoms with Gasteiger partial charge < -0.3 is 15.5 Å². The first-order valence-electron chi connectivity index (χ1n) is 8.66. The van der Waals surface area contributed by atoms with Crippen molar-refractivity contribution < 1.29 is 22.9 Å². The predicted octanol–water partition coefficient (Wildman–Crippen LogP) is 1.84. The van der Waals surface area contributed by atoms with Crippen LogP contribution in [0.2, 0.25) is 5.02 Å². The summed E-state index contributed by atoms with van der Waals surface area (Å²) in [5, 5.41) is 16.7. The van der Waals surface area contributed by atoms with Gasteiger partial charge in [0.05, 0.1) is 27.1 Å². The van der Waals surface area contributed by atoms with Crippen LogP contribution in [0.4, 0.5) is 17.1 Å². The van der Waals surface area contributed by atoms with Gasteiger partial charge >= 0.3 is 0 Å². The van der Waals surface area contributed by atoms with E-state index in [-0.39, 0.29) is 22.9 Å². The zero-order valence-corrected chi connectivity index (χ0v) is 17.3. The lowest BCUT2D eigenvalue weighted by molar-refractivity contribution is -0.385. The van der Waals surface area contributed by atoms with E-state index in [1.165, 1.54) is 6.07 Å². The number of nitro groups is 1. The Bertz CT molecular complexity index is 1150. The highest BCUT2D eigenvalue weighted by atomic mass is 35.5. The lowest BCUT2D eigenvalue weighted by Crippen LogP contribution is -2.47. The molecule has 2 N–H and O–H groups in total. The number of nitrogens with one attached hydrogen (secondary N) is 2. The monoisotopic (exact) mass is 452 g/mol. The molecule has 10 nitrogen and oxygen atoms in total. The van der Waals surface area contributed by atoms with Gasteiger partial charge in [0.1, 0.15) is 0 Å². The fourth-order valence-electron chi connectivity index (χ4n) is 2.92. The molecule has 1 aliphatic rings. The van der Waals surface area contributed by atoms with E-state index in [0.29, 0.717) is 29.5 Å². The highest BCUT2D eigenvalue weighted by Crippen LogP contribution is 2.30. The SMILES string of the molecule is CS(=O)(=O)c1cc(C(=O)Nc2ccc(N3CCNC(=O)C3)c(Cl)c2)cc([N+](=O)[O-])c1. The molecule has 2 amide bonds. The van der Waals surface area contributed by atoms with E-state index in [9.17, 15) is 28.1 Å². The first kappa shape index (κ1) is 21.5. The molecule has 0 unspecified atom stereocenters. The Morgan fingerprint density at radius 3 is 2.60 bits per heavy atom. The van der Waals surface area contributed by atoms with Gasteiger partial charge in [-0.05, 0) is 24.3 Å². The number of anilines is 2. The molecule has 0 radical (unpaired) electrons. The Balaban J connectivity index is 1.85. The molecule has 30 heavy (non-hydrogen) atoms. The molecule has 0 aliphatic carbocycles. The number of benzene rings is 2. The number of carbonyl (C=O) groups is 2. The number of nitrogens with zero attached hydrogens (tertiary/aromatic N) is 2. The number of halogens is 1. The molecule has 1 heterocycles. The van der Waals surface area contributed by atoms with Gasteiger partial charge in [0.25, 0.3) is 11.6 Å². The van der Waals surface area contributed by atoms with E-state index in [1.807, 2.05) is 0 Å². The van der Waals surface area contributed by atoms with Crippen LogP contribution in [0.5, 0.6) is 0 Å². The van der Waals surface area contributed by atoms with Gasteiger partial charge in [0.2, 0.25) is 5.91 Å². The molecule has 158 valence electrons. The molecule has 3 rings (SSSR count). The van der Waals surface area contributed by atoms with Gasteiger partial charge in [-0.3, -0.25) is 19.7 Å². The third kappa shape index (κ3) is 4.86. The Kier molecular flexibility index (Phi) is 5.94. The van der Waals surface area contributed by atoms with Gasteiger partial charge in [-0.2, -0.15) is 0 Å². The summed E-state index contributed by atoms with van der Waals surface area (Å²) in [5.74, 6) is -0.855. The second kappa shape index (κ2) is 8.28. The maximum absolute atomic E-state index is 12.6. The fraction of sp³-hybridized carbons (Fsp3) is 0.222. The number of hydrogen-bond acceptors (Lipinski definition) is 7. The van der Waals surface area contributed by atoms with Crippen molar-refractivity contribution in [1.29, 1.82) is 0 Å². The number of piperazine rings is 1. The van der Waals surface area contributed by atoms with E-state index in [0.717, 1.165) is 24.5 Å². The third-order valence-corrected chi connectivity index (χ3v) is 5.77. The lowest BCUT2D eigenvalue weighted by Gasteiger charge is -2.29. The molecule has 1 fully saturated rings. The minimum atomic E-state index is -3.76. The van der Waals surface area contributed by atoms with Crippen molar-refractivity contribution in [3.8, 4) is 0 Å². The van der Waals surface area contributed by atoms with Crippen molar-refractivity contribution in [2.75, 3.05) is 36.1 Å². The average Bonchev–Trinajstić information content (AvgIpc) is 2.67. The Labute approximate surface area is 176 Å². The van der Waals surface area contributed by atoms with Crippen molar-refractivity contribution in [3.05, 3.63) is 57.1 Å². The van der Waals surface area contributed by atoms with Crippen LogP contribution < -0.4 is 15.5 Å².